The smallest absolute Gasteiger partial charge is 0.188 e. The van der Waals surface area contributed by atoms with Crippen LogP contribution >= 0.6 is 11.8 Å². The van der Waals surface area contributed by atoms with Crippen LogP contribution in [0, 0.1) is 26.7 Å². The lowest BCUT2D eigenvalue weighted by Crippen LogP contribution is -2.26. The molecule has 0 aromatic carbocycles. The van der Waals surface area contributed by atoms with Crippen molar-refractivity contribution in [3.05, 3.63) is 17.0 Å². The Labute approximate surface area is 115 Å². The Morgan fingerprint density at radius 3 is 2.06 bits per heavy atom. The van der Waals surface area contributed by atoms with Crippen molar-refractivity contribution in [1.29, 1.82) is 0 Å². The van der Waals surface area contributed by atoms with E-state index in [0.717, 1.165) is 29.6 Å². The first-order chi connectivity index (χ1) is 8.40. The topological polar surface area (TPSA) is 37.8 Å². The molecule has 0 aliphatic rings. The lowest BCUT2D eigenvalue weighted by atomic mass is 10.2. The third kappa shape index (κ3) is 4.94. The summed E-state index contributed by atoms with van der Waals surface area (Å²) in [5.74, 6) is 0.697. The average molecular weight is 267 g/mol. The van der Waals surface area contributed by atoms with Crippen LogP contribution in [0.3, 0.4) is 0 Å². The molecule has 0 amide bonds. The standard InChI is InChI=1S/C14H25N3S/c1-9(2)7-15-8-10(3)18-14-16-12(5)11(4)13(6)17-14/h9-10,15H,7-8H2,1-6H3. The van der Waals surface area contributed by atoms with Gasteiger partial charge < -0.3 is 5.32 Å². The van der Waals surface area contributed by atoms with Crippen LogP contribution in [-0.2, 0) is 0 Å². The van der Waals surface area contributed by atoms with Gasteiger partial charge in [0, 0.05) is 23.2 Å². The lowest BCUT2D eigenvalue weighted by molar-refractivity contribution is 0.553. The Balaban J connectivity index is 2.51. The fourth-order valence-electron chi connectivity index (χ4n) is 1.59. The van der Waals surface area contributed by atoms with E-state index in [1.54, 1.807) is 11.8 Å². The van der Waals surface area contributed by atoms with E-state index in [9.17, 15) is 0 Å². The Bertz CT molecular complexity index is 368. The van der Waals surface area contributed by atoms with Gasteiger partial charge in [-0.3, -0.25) is 0 Å². The first kappa shape index (κ1) is 15.4. The molecule has 0 fully saturated rings. The molecule has 4 heteroatoms. The lowest BCUT2D eigenvalue weighted by Gasteiger charge is -2.14. The van der Waals surface area contributed by atoms with E-state index in [4.69, 9.17) is 0 Å². The van der Waals surface area contributed by atoms with Crippen molar-refractivity contribution < 1.29 is 0 Å². The molecule has 0 bridgehead atoms. The molecule has 0 aliphatic carbocycles. The number of hydrogen-bond acceptors (Lipinski definition) is 4. The second kappa shape index (κ2) is 7.10. The Morgan fingerprint density at radius 1 is 1.00 bits per heavy atom. The van der Waals surface area contributed by atoms with Gasteiger partial charge >= 0.3 is 0 Å². The molecule has 102 valence electrons. The second-order valence-corrected chi connectivity index (χ2v) is 6.69. The van der Waals surface area contributed by atoms with E-state index in [2.05, 4.69) is 56.8 Å². The summed E-state index contributed by atoms with van der Waals surface area (Å²) in [7, 11) is 0. The van der Waals surface area contributed by atoms with Crippen LogP contribution in [0.15, 0.2) is 5.16 Å². The molecule has 18 heavy (non-hydrogen) atoms. The SMILES string of the molecule is Cc1nc(SC(C)CNCC(C)C)nc(C)c1C. The molecular formula is C14H25N3S. The van der Waals surface area contributed by atoms with Crippen LogP contribution in [0.1, 0.15) is 37.7 Å². The maximum absolute atomic E-state index is 4.54. The molecule has 1 rings (SSSR count). The van der Waals surface area contributed by atoms with Crippen molar-refractivity contribution >= 4 is 11.8 Å². The van der Waals surface area contributed by atoms with Crippen LogP contribution in [0.5, 0.6) is 0 Å². The molecule has 3 nitrogen and oxygen atoms in total. The van der Waals surface area contributed by atoms with E-state index in [1.165, 1.54) is 5.56 Å². The molecule has 1 aromatic heterocycles. The van der Waals surface area contributed by atoms with E-state index in [1.807, 2.05) is 0 Å². The summed E-state index contributed by atoms with van der Waals surface area (Å²) in [6, 6.07) is 0. The molecule has 1 N–H and O–H groups in total. The summed E-state index contributed by atoms with van der Waals surface area (Å²) >= 11 is 1.75. The molecule has 0 radical (unpaired) electrons. The van der Waals surface area contributed by atoms with E-state index < -0.39 is 0 Å². The van der Waals surface area contributed by atoms with Crippen LogP contribution in [0.2, 0.25) is 0 Å². The molecule has 0 spiro atoms. The molecular weight excluding hydrogens is 242 g/mol. The Hall–Kier alpha value is -0.610. The molecule has 0 aliphatic heterocycles. The average Bonchev–Trinajstić information content (AvgIpc) is 2.25. The van der Waals surface area contributed by atoms with Gasteiger partial charge in [-0.05, 0) is 38.8 Å². The largest absolute Gasteiger partial charge is 0.315 e. The highest BCUT2D eigenvalue weighted by molar-refractivity contribution is 7.99. The van der Waals surface area contributed by atoms with Crippen molar-refractivity contribution in [2.24, 2.45) is 5.92 Å². The first-order valence-electron chi connectivity index (χ1n) is 6.59. The van der Waals surface area contributed by atoms with Gasteiger partial charge in [0.1, 0.15) is 0 Å². The van der Waals surface area contributed by atoms with Crippen molar-refractivity contribution in [3.63, 3.8) is 0 Å². The van der Waals surface area contributed by atoms with Crippen LogP contribution in [0.25, 0.3) is 0 Å². The monoisotopic (exact) mass is 267 g/mol. The minimum absolute atomic E-state index is 0.491. The number of aromatic nitrogens is 2. The third-order valence-electron chi connectivity index (χ3n) is 2.90. The highest BCUT2D eigenvalue weighted by atomic mass is 32.2. The van der Waals surface area contributed by atoms with Gasteiger partial charge in [-0.2, -0.15) is 0 Å². The summed E-state index contributed by atoms with van der Waals surface area (Å²) in [6.07, 6.45) is 0. The van der Waals surface area contributed by atoms with Gasteiger partial charge in [0.05, 0.1) is 0 Å². The molecule has 1 aromatic rings. The van der Waals surface area contributed by atoms with E-state index >= 15 is 0 Å². The molecule has 1 heterocycles. The highest BCUT2D eigenvalue weighted by Crippen LogP contribution is 2.21. The minimum atomic E-state index is 0.491. The summed E-state index contributed by atoms with van der Waals surface area (Å²) < 4.78 is 0. The van der Waals surface area contributed by atoms with Crippen molar-refractivity contribution in [2.75, 3.05) is 13.1 Å². The zero-order valence-electron chi connectivity index (χ0n) is 12.4. The van der Waals surface area contributed by atoms with Gasteiger partial charge in [-0.25, -0.2) is 9.97 Å². The normalized spacial score (nSPS) is 13.1. The van der Waals surface area contributed by atoms with Gasteiger partial charge in [0.15, 0.2) is 5.16 Å². The Kier molecular flexibility index (Phi) is 6.09. The summed E-state index contributed by atoms with van der Waals surface area (Å²) in [5, 5.41) is 4.86. The van der Waals surface area contributed by atoms with Crippen LogP contribution < -0.4 is 5.32 Å². The molecule has 1 atom stereocenters. The molecule has 0 saturated carbocycles. The van der Waals surface area contributed by atoms with Crippen LogP contribution in [-0.4, -0.2) is 28.3 Å². The highest BCUT2D eigenvalue weighted by Gasteiger charge is 2.09. The van der Waals surface area contributed by atoms with Gasteiger partial charge in [0.25, 0.3) is 0 Å². The predicted molar refractivity (Wildman–Crippen MR) is 79.3 cm³/mol. The van der Waals surface area contributed by atoms with Crippen molar-refractivity contribution in [1.82, 2.24) is 15.3 Å². The maximum Gasteiger partial charge on any atom is 0.188 e. The summed E-state index contributed by atoms with van der Waals surface area (Å²) in [4.78, 5) is 9.08. The number of hydrogen-bond donors (Lipinski definition) is 1. The number of aryl methyl sites for hydroxylation is 2. The van der Waals surface area contributed by atoms with Crippen molar-refractivity contribution in [2.45, 2.75) is 51.9 Å². The fourth-order valence-corrected chi connectivity index (χ4v) is 2.53. The second-order valence-electron chi connectivity index (χ2n) is 5.28. The van der Waals surface area contributed by atoms with Crippen LogP contribution in [0.4, 0.5) is 0 Å². The summed E-state index contributed by atoms with van der Waals surface area (Å²) in [5.41, 5.74) is 3.38. The molecule has 0 saturated heterocycles. The Morgan fingerprint density at radius 2 is 1.56 bits per heavy atom. The minimum Gasteiger partial charge on any atom is -0.315 e. The number of thioether (sulfide) groups is 1. The van der Waals surface area contributed by atoms with E-state index in [0.29, 0.717) is 11.2 Å². The quantitative estimate of drug-likeness (QED) is 0.635. The van der Waals surface area contributed by atoms with Crippen molar-refractivity contribution in [3.8, 4) is 0 Å². The molecule has 1 unspecified atom stereocenters. The number of nitrogens with one attached hydrogen (secondary N) is 1. The van der Waals surface area contributed by atoms with E-state index in [-0.39, 0.29) is 0 Å². The summed E-state index contributed by atoms with van der Waals surface area (Å²) in [6.45, 7) is 14.9. The number of nitrogens with zero attached hydrogens (tertiary/aromatic N) is 2. The maximum atomic E-state index is 4.54. The zero-order chi connectivity index (χ0) is 13.7. The van der Waals surface area contributed by atoms with Gasteiger partial charge in [-0.15, -0.1) is 0 Å². The van der Waals surface area contributed by atoms with Gasteiger partial charge in [0.2, 0.25) is 0 Å². The van der Waals surface area contributed by atoms with Gasteiger partial charge in [-0.1, -0.05) is 32.5 Å². The zero-order valence-corrected chi connectivity index (χ0v) is 13.2. The predicted octanol–water partition coefficient (Wildman–Crippen LogP) is 3.13. The fraction of sp³-hybridized carbons (Fsp3) is 0.714. The third-order valence-corrected chi connectivity index (χ3v) is 3.87. The number of rotatable bonds is 6. The first-order valence-corrected chi connectivity index (χ1v) is 7.47.